The Hall–Kier alpha value is -2.87. The molecule has 1 heterocycles. The number of para-hydroxylation sites is 1. The first kappa shape index (κ1) is 11.6. The standard InChI is InChI=1S/C13H9N3O2/c1-14-12-8-7-10(9-15-12)16-13(17)18-11-5-3-2-4-6-11/h2-9H,(H,16,17). The maximum absolute atomic E-state index is 11.5. The van der Waals surface area contributed by atoms with Gasteiger partial charge >= 0.3 is 6.09 Å². The fraction of sp³-hybridized carbons (Fsp3) is 0. The van der Waals surface area contributed by atoms with Crippen molar-refractivity contribution < 1.29 is 9.53 Å². The Balaban J connectivity index is 1.97. The summed E-state index contributed by atoms with van der Waals surface area (Å²) in [7, 11) is 0. The van der Waals surface area contributed by atoms with Crippen LogP contribution < -0.4 is 10.1 Å². The van der Waals surface area contributed by atoms with E-state index in [2.05, 4.69) is 15.1 Å². The number of carbonyl (C=O) groups is 1. The number of hydrogen-bond donors (Lipinski definition) is 1. The van der Waals surface area contributed by atoms with E-state index < -0.39 is 6.09 Å². The van der Waals surface area contributed by atoms with Crippen molar-refractivity contribution in [2.24, 2.45) is 0 Å². The van der Waals surface area contributed by atoms with Gasteiger partial charge in [0, 0.05) is 0 Å². The van der Waals surface area contributed by atoms with Crippen LogP contribution in [0, 0.1) is 6.57 Å². The Morgan fingerprint density at radius 2 is 2.00 bits per heavy atom. The zero-order chi connectivity index (χ0) is 12.8. The summed E-state index contributed by atoms with van der Waals surface area (Å²) in [6, 6.07) is 11.8. The number of amides is 1. The van der Waals surface area contributed by atoms with Crippen LogP contribution in [0.3, 0.4) is 0 Å². The number of benzene rings is 1. The summed E-state index contributed by atoms with van der Waals surface area (Å²) in [5.41, 5.74) is 0.475. The van der Waals surface area contributed by atoms with Gasteiger partial charge in [-0.15, -0.1) is 4.98 Å². The monoisotopic (exact) mass is 239 g/mol. The summed E-state index contributed by atoms with van der Waals surface area (Å²) in [6.45, 7) is 6.75. The zero-order valence-electron chi connectivity index (χ0n) is 9.33. The Labute approximate surface area is 104 Å². The van der Waals surface area contributed by atoms with Crippen LogP contribution in [0.5, 0.6) is 5.75 Å². The van der Waals surface area contributed by atoms with Gasteiger partial charge in [0.25, 0.3) is 5.82 Å². The van der Waals surface area contributed by atoms with Gasteiger partial charge in [-0.25, -0.2) is 4.79 Å². The number of nitrogens with one attached hydrogen (secondary N) is 1. The minimum Gasteiger partial charge on any atom is -0.410 e. The van der Waals surface area contributed by atoms with Crippen LogP contribution in [0.1, 0.15) is 0 Å². The summed E-state index contributed by atoms with van der Waals surface area (Å²) >= 11 is 0. The molecule has 1 aromatic carbocycles. The van der Waals surface area contributed by atoms with Crippen molar-refractivity contribution in [3.63, 3.8) is 0 Å². The molecule has 0 unspecified atom stereocenters. The first-order valence-electron chi connectivity index (χ1n) is 5.15. The van der Waals surface area contributed by atoms with Crippen LogP contribution in [-0.4, -0.2) is 11.1 Å². The number of rotatable bonds is 2. The summed E-state index contributed by atoms with van der Waals surface area (Å²) in [4.78, 5) is 18.5. The molecule has 5 nitrogen and oxygen atoms in total. The number of aromatic nitrogens is 1. The van der Waals surface area contributed by atoms with Crippen molar-refractivity contribution in [3.05, 3.63) is 60.1 Å². The third-order valence-electron chi connectivity index (χ3n) is 2.06. The lowest BCUT2D eigenvalue weighted by Gasteiger charge is -2.05. The fourth-order valence-electron chi connectivity index (χ4n) is 1.27. The van der Waals surface area contributed by atoms with E-state index in [9.17, 15) is 4.79 Å². The molecule has 1 aromatic heterocycles. The number of ether oxygens (including phenoxy) is 1. The average molecular weight is 239 g/mol. The summed E-state index contributed by atoms with van der Waals surface area (Å²) in [5.74, 6) is 0.734. The molecule has 0 aliphatic carbocycles. The highest BCUT2D eigenvalue weighted by Crippen LogP contribution is 2.13. The van der Waals surface area contributed by atoms with Gasteiger partial charge in [-0.1, -0.05) is 24.8 Å². The Morgan fingerprint density at radius 1 is 1.22 bits per heavy atom. The van der Waals surface area contributed by atoms with Crippen molar-refractivity contribution in [1.82, 2.24) is 4.98 Å². The second-order valence-electron chi connectivity index (χ2n) is 3.34. The molecule has 2 rings (SSSR count). The summed E-state index contributed by atoms with van der Waals surface area (Å²) in [6.07, 6.45) is 0.804. The largest absolute Gasteiger partial charge is 0.417 e. The van der Waals surface area contributed by atoms with E-state index in [0.29, 0.717) is 11.4 Å². The number of nitrogens with zero attached hydrogens (tertiary/aromatic N) is 2. The van der Waals surface area contributed by atoms with E-state index in [1.165, 1.54) is 12.3 Å². The molecule has 0 saturated heterocycles. The van der Waals surface area contributed by atoms with Gasteiger partial charge in [0.2, 0.25) is 0 Å². The smallest absolute Gasteiger partial charge is 0.410 e. The van der Waals surface area contributed by atoms with E-state index in [1.807, 2.05) is 6.07 Å². The van der Waals surface area contributed by atoms with Gasteiger partial charge in [0.15, 0.2) is 0 Å². The normalized spacial score (nSPS) is 9.28. The molecule has 0 saturated carbocycles. The second kappa shape index (κ2) is 5.46. The predicted molar refractivity (Wildman–Crippen MR) is 66.6 cm³/mol. The second-order valence-corrected chi connectivity index (χ2v) is 3.34. The predicted octanol–water partition coefficient (Wildman–Crippen LogP) is 3.24. The molecule has 88 valence electrons. The van der Waals surface area contributed by atoms with Crippen molar-refractivity contribution >= 4 is 17.6 Å². The van der Waals surface area contributed by atoms with Crippen molar-refractivity contribution in [1.29, 1.82) is 0 Å². The first-order valence-corrected chi connectivity index (χ1v) is 5.15. The molecule has 0 atom stereocenters. The molecule has 2 aromatic rings. The minimum absolute atomic E-state index is 0.275. The zero-order valence-corrected chi connectivity index (χ0v) is 9.33. The van der Waals surface area contributed by atoms with Crippen LogP contribution in [0.15, 0.2) is 48.7 Å². The van der Waals surface area contributed by atoms with Crippen molar-refractivity contribution in [2.75, 3.05) is 5.32 Å². The molecule has 5 heteroatoms. The van der Waals surface area contributed by atoms with Crippen molar-refractivity contribution in [3.8, 4) is 5.75 Å². The maximum atomic E-state index is 11.5. The highest BCUT2D eigenvalue weighted by molar-refractivity contribution is 5.86. The Bertz CT molecular complexity index is 573. The van der Waals surface area contributed by atoms with Crippen LogP contribution >= 0.6 is 0 Å². The molecule has 1 amide bonds. The van der Waals surface area contributed by atoms with E-state index in [-0.39, 0.29) is 5.82 Å². The van der Waals surface area contributed by atoms with Gasteiger partial charge in [-0.05, 0) is 24.3 Å². The molecule has 0 fully saturated rings. The van der Waals surface area contributed by atoms with Crippen LogP contribution in [-0.2, 0) is 0 Å². The van der Waals surface area contributed by atoms with Crippen molar-refractivity contribution in [2.45, 2.75) is 0 Å². The lowest BCUT2D eigenvalue weighted by molar-refractivity contribution is 0.215. The number of anilines is 1. The van der Waals surface area contributed by atoms with Gasteiger partial charge < -0.3 is 9.58 Å². The van der Waals surface area contributed by atoms with Crippen LogP contribution in [0.4, 0.5) is 16.3 Å². The molecule has 0 spiro atoms. The first-order chi connectivity index (χ1) is 8.78. The molecular formula is C13H9N3O2. The Kier molecular flexibility index (Phi) is 3.52. The molecule has 18 heavy (non-hydrogen) atoms. The van der Waals surface area contributed by atoms with Gasteiger partial charge in [0.05, 0.1) is 5.69 Å². The average Bonchev–Trinajstić information content (AvgIpc) is 2.40. The Morgan fingerprint density at radius 3 is 2.61 bits per heavy atom. The number of carbonyl (C=O) groups excluding carboxylic acids is 1. The molecule has 0 bridgehead atoms. The van der Waals surface area contributed by atoms with Crippen LogP contribution in [0.25, 0.3) is 4.85 Å². The number of hydrogen-bond acceptors (Lipinski definition) is 3. The SMILES string of the molecule is [C-]#[N+]c1ccc(NC(=O)Oc2ccccc2)cn1. The molecule has 0 radical (unpaired) electrons. The lowest BCUT2D eigenvalue weighted by atomic mass is 10.3. The van der Waals surface area contributed by atoms with Crippen LogP contribution in [0.2, 0.25) is 0 Å². The van der Waals surface area contributed by atoms with Gasteiger partial charge in [0.1, 0.15) is 11.9 Å². The quantitative estimate of drug-likeness (QED) is 0.818. The lowest BCUT2D eigenvalue weighted by Crippen LogP contribution is -2.16. The third-order valence-corrected chi connectivity index (χ3v) is 2.06. The fourth-order valence-corrected chi connectivity index (χ4v) is 1.27. The third kappa shape index (κ3) is 3.06. The minimum atomic E-state index is -0.599. The highest BCUT2D eigenvalue weighted by atomic mass is 16.6. The number of pyridine rings is 1. The maximum Gasteiger partial charge on any atom is 0.417 e. The molecular weight excluding hydrogens is 230 g/mol. The molecule has 0 aliphatic heterocycles. The summed E-state index contributed by atoms with van der Waals surface area (Å²) < 4.78 is 5.04. The molecule has 1 N–H and O–H groups in total. The van der Waals surface area contributed by atoms with Gasteiger partial charge in [-0.2, -0.15) is 0 Å². The summed E-state index contributed by atoms with van der Waals surface area (Å²) in [5, 5.41) is 2.52. The molecule has 0 aliphatic rings. The topological polar surface area (TPSA) is 55.6 Å². The highest BCUT2D eigenvalue weighted by Gasteiger charge is 2.05. The van der Waals surface area contributed by atoms with E-state index >= 15 is 0 Å². The van der Waals surface area contributed by atoms with E-state index in [4.69, 9.17) is 11.3 Å². The van der Waals surface area contributed by atoms with E-state index in [0.717, 1.165) is 0 Å². The van der Waals surface area contributed by atoms with E-state index in [1.54, 1.807) is 30.3 Å². The van der Waals surface area contributed by atoms with Gasteiger partial charge in [-0.3, -0.25) is 5.32 Å².